The molecule has 0 spiro atoms. The highest BCUT2D eigenvalue weighted by Crippen LogP contribution is 2.44. The number of nitrogens with one attached hydrogen (secondary N) is 1. The van der Waals surface area contributed by atoms with E-state index in [1.54, 1.807) is 66.7 Å². The predicted molar refractivity (Wildman–Crippen MR) is 138 cm³/mol. The fourth-order valence-corrected chi connectivity index (χ4v) is 4.25. The third-order valence-electron chi connectivity index (χ3n) is 6.00. The van der Waals surface area contributed by atoms with Crippen LogP contribution in [0.4, 0.5) is 11.4 Å². The summed E-state index contributed by atoms with van der Waals surface area (Å²) in [5.74, 6) is -0.751. The van der Waals surface area contributed by atoms with Crippen molar-refractivity contribution in [1.29, 1.82) is 0 Å². The number of methoxy groups -OCH3 is 3. The van der Waals surface area contributed by atoms with Crippen LogP contribution >= 0.6 is 0 Å². The molecule has 9 heteroatoms. The van der Waals surface area contributed by atoms with Crippen LogP contribution in [0.25, 0.3) is 5.76 Å². The first-order valence-corrected chi connectivity index (χ1v) is 11.3. The molecule has 3 aromatic carbocycles. The fraction of sp³-hybridized carbons (Fsp3) is 0.179. The van der Waals surface area contributed by atoms with Gasteiger partial charge in [0.05, 0.1) is 32.9 Å². The number of ether oxygens (including phenoxy) is 3. The Hall–Kier alpha value is -4.79. The van der Waals surface area contributed by atoms with E-state index in [0.29, 0.717) is 39.8 Å². The van der Waals surface area contributed by atoms with Crippen molar-refractivity contribution in [3.05, 3.63) is 83.4 Å². The SMILES string of the molecule is COc1ccc(C(O)=C2C(=O)C(=O)N(c3ccc(NC(C)=O)cc3)[C@@H]2c2ccc(OC)c(OC)c2)cc1. The summed E-state index contributed by atoms with van der Waals surface area (Å²) < 4.78 is 16.0. The van der Waals surface area contributed by atoms with Gasteiger partial charge in [-0.05, 0) is 66.2 Å². The fourth-order valence-electron chi connectivity index (χ4n) is 4.25. The van der Waals surface area contributed by atoms with E-state index >= 15 is 0 Å². The third kappa shape index (κ3) is 4.84. The maximum absolute atomic E-state index is 13.4. The van der Waals surface area contributed by atoms with Crippen molar-refractivity contribution in [2.75, 3.05) is 31.5 Å². The number of anilines is 2. The van der Waals surface area contributed by atoms with Gasteiger partial charge in [0.25, 0.3) is 11.7 Å². The number of hydrogen-bond acceptors (Lipinski definition) is 7. The Morgan fingerprint density at radius 1 is 0.865 bits per heavy atom. The van der Waals surface area contributed by atoms with E-state index < -0.39 is 17.7 Å². The molecule has 9 nitrogen and oxygen atoms in total. The van der Waals surface area contributed by atoms with E-state index in [4.69, 9.17) is 14.2 Å². The number of rotatable bonds is 7. The van der Waals surface area contributed by atoms with Crippen molar-refractivity contribution in [2.24, 2.45) is 0 Å². The van der Waals surface area contributed by atoms with Crippen LogP contribution in [-0.4, -0.2) is 44.0 Å². The molecular weight excluding hydrogens is 476 g/mol. The minimum Gasteiger partial charge on any atom is -0.507 e. The highest BCUT2D eigenvalue weighted by molar-refractivity contribution is 6.51. The van der Waals surface area contributed by atoms with Crippen LogP contribution in [0.2, 0.25) is 0 Å². The lowest BCUT2D eigenvalue weighted by Crippen LogP contribution is -2.29. The van der Waals surface area contributed by atoms with E-state index in [9.17, 15) is 19.5 Å². The molecule has 1 fully saturated rings. The molecule has 37 heavy (non-hydrogen) atoms. The Morgan fingerprint density at radius 2 is 1.51 bits per heavy atom. The Kier molecular flexibility index (Phi) is 7.15. The average Bonchev–Trinajstić information content (AvgIpc) is 3.18. The Labute approximate surface area is 213 Å². The van der Waals surface area contributed by atoms with Gasteiger partial charge in [-0.1, -0.05) is 6.07 Å². The first-order chi connectivity index (χ1) is 17.8. The Bertz CT molecular complexity index is 1380. The summed E-state index contributed by atoms with van der Waals surface area (Å²) in [6.07, 6.45) is 0. The molecule has 1 aliphatic rings. The number of carbonyl (C=O) groups is 3. The monoisotopic (exact) mass is 502 g/mol. The molecule has 1 aliphatic heterocycles. The van der Waals surface area contributed by atoms with Crippen LogP contribution in [0.1, 0.15) is 24.1 Å². The van der Waals surface area contributed by atoms with Crippen molar-refractivity contribution in [3.8, 4) is 17.2 Å². The van der Waals surface area contributed by atoms with Crippen LogP contribution in [0.5, 0.6) is 17.2 Å². The number of aliphatic hydroxyl groups is 1. The van der Waals surface area contributed by atoms with Crippen LogP contribution in [0.3, 0.4) is 0 Å². The molecule has 1 saturated heterocycles. The van der Waals surface area contributed by atoms with Crippen molar-refractivity contribution in [3.63, 3.8) is 0 Å². The minimum absolute atomic E-state index is 0.0756. The zero-order valence-electron chi connectivity index (χ0n) is 20.8. The van der Waals surface area contributed by atoms with E-state index in [1.807, 2.05) is 0 Å². The second-order valence-electron chi connectivity index (χ2n) is 8.24. The second-order valence-corrected chi connectivity index (χ2v) is 8.24. The number of carbonyl (C=O) groups excluding carboxylic acids is 3. The lowest BCUT2D eigenvalue weighted by Gasteiger charge is -2.26. The number of amides is 2. The first-order valence-electron chi connectivity index (χ1n) is 11.3. The maximum atomic E-state index is 13.4. The van der Waals surface area contributed by atoms with Gasteiger partial charge >= 0.3 is 0 Å². The zero-order valence-corrected chi connectivity index (χ0v) is 20.8. The molecule has 0 saturated carbocycles. The van der Waals surface area contributed by atoms with Crippen molar-refractivity contribution < 1.29 is 33.7 Å². The Morgan fingerprint density at radius 3 is 2.08 bits per heavy atom. The topological polar surface area (TPSA) is 114 Å². The highest BCUT2D eigenvalue weighted by atomic mass is 16.5. The lowest BCUT2D eigenvalue weighted by atomic mass is 9.94. The van der Waals surface area contributed by atoms with Crippen LogP contribution in [0, 0.1) is 0 Å². The highest BCUT2D eigenvalue weighted by Gasteiger charge is 2.47. The quantitative estimate of drug-likeness (QED) is 0.281. The summed E-state index contributed by atoms with van der Waals surface area (Å²) in [5, 5.41) is 13.9. The molecule has 0 unspecified atom stereocenters. The standard InChI is InChI=1S/C28H26N2O7/c1-16(31)29-19-8-10-20(11-9-19)30-25(18-7-14-22(36-3)23(15-18)37-4)24(27(33)28(30)34)26(32)17-5-12-21(35-2)13-6-17/h5-15,25,32H,1-4H3,(H,29,31)/t25-/m1/s1. The molecule has 0 radical (unpaired) electrons. The number of benzene rings is 3. The zero-order chi connectivity index (χ0) is 26.7. The number of aliphatic hydroxyl groups excluding tert-OH is 1. The molecule has 2 N–H and O–H groups in total. The maximum Gasteiger partial charge on any atom is 0.300 e. The minimum atomic E-state index is -0.964. The molecular formula is C28H26N2O7. The Balaban J connectivity index is 1.90. The van der Waals surface area contributed by atoms with E-state index in [2.05, 4.69) is 5.32 Å². The van der Waals surface area contributed by atoms with Crippen LogP contribution in [-0.2, 0) is 14.4 Å². The smallest absolute Gasteiger partial charge is 0.300 e. The van der Waals surface area contributed by atoms with E-state index in [-0.39, 0.29) is 17.2 Å². The summed E-state index contributed by atoms with van der Waals surface area (Å²) in [6.45, 7) is 1.39. The van der Waals surface area contributed by atoms with Gasteiger partial charge in [-0.25, -0.2) is 0 Å². The molecule has 2 amide bonds. The van der Waals surface area contributed by atoms with Crippen molar-refractivity contribution in [1.82, 2.24) is 0 Å². The van der Waals surface area contributed by atoms with Gasteiger partial charge in [-0.15, -0.1) is 0 Å². The number of ketones is 1. The van der Waals surface area contributed by atoms with Crippen molar-refractivity contribution in [2.45, 2.75) is 13.0 Å². The predicted octanol–water partition coefficient (Wildman–Crippen LogP) is 4.30. The van der Waals surface area contributed by atoms with Gasteiger partial charge in [0, 0.05) is 23.9 Å². The lowest BCUT2D eigenvalue weighted by molar-refractivity contribution is -0.132. The largest absolute Gasteiger partial charge is 0.507 e. The van der Waals surface area contributed by atoms with Gasteiger partial charge < -0.3 is 24.6 Å². The number of hydrogen-bond donors (Lipinski definition) is 2. The first kappa shape index (κ1) is 25.3. The molecule has 1 heterocycles. The second kappa shape index (κ2) is 10.4. The molecule has 0 aromatic heterocycles. The van der Waals surface area contributed by atoms with Crippen molar-refractivity contribution >= 4 is 34.7 Å². The normalized spacial score (nSPS) is 16.4. The molecule has 190 valence electrons. The van der Waals surface area contributed by atoms with Gasteiger partial charge in [0.1, 0.15) is 11.5 Å². The average molecular weight is 503 g/mol. The molecule has 1 atom stereocenters. The van der Waals surface area contributed by atoms with Crippen LogP contribution in [0.15, 0.2) is 72.3 Å². The summed E-state index contributed by atoms with van der Waals surface area (Å²) >= 11 is 0. The number of Topliss-reactive ketones (excluding diaryl/α,β-unsaturated/α-hetero) is 1. The number of nitrogens with zero attached hydrogens (tertiary/aromatic N) is 1. The third-order valence-corrected chi connectivity index (χ3v) is 6.00. The summed E-state index contributed by atoms with van der Waals surface area (Å²) in [4.78, 5) is 39.4. The van der Waals surface area contributed by atoms with Gasteiger partial charge in [0.2, 0.25) is 5.91 Å². The van der Waals surface area contributed by atoms with Crippen LogP contribution < -0.4 is 24.4 Å². The van der Waals surface area contributed by atoms with Gasteiger partial charge in [0.15, 0.2) is 11.5 Å². The molecule has 3 aromatic rings. The summed E-state index contributed by atoms with van der Waals surface area (Å²) in [7, 11) is 4.51. The van der Waals surface area contributed by atoms with E-state index in [1.165, 1.54) is 33.2 Å². The summed E-state index contributed by atoms with van der Waals surface area (Å²) in [5.41, 5.74) is 1.75. The molecule has 4 rings (SSSR count). The summed E-state index contributed by atoms with van der Waals surface area (Å²) in [6, 6.07) is 17.1. The van der Waals surface area contributed by atoms with Gasteiger partial charge in [-0.3, -0.25) is 19.3 Å². The van der Waals surface area contributed by atoms with Gasteiger partial charge in [-0.2, -0.15) is 0 Å². The molecule has 0 aliphatic carbocycles. The molecule has 0 bridgehead atoms. The van der Waals surface area contributed by atoms with E-state index in [0.717, 1.165) is 0 Å².